The lowest BCUT2D eigenvalue weighted by atomic mass is 10.3. The standard InChI is InChI=1S/C26H32Br4O9/c27-19-15-23-25(17-21(19)29)38-13-9-34-5-6-35-10-14-39-26-18-22(30)20(28)16-24(26)37-12-8-33-4-2-31-1-3-32-7-11-36-23/h15-18H,1-14H2. The van der Waals surface area contributed by atoms with E-state index >= 15 is 0 Å². The van der Waals surface area contributed by atoms with E-state index in [0.29, 0.717) is 115 Å². The smallest absolute Gasteiger partial charge is 0.162 e. The van der Waals surface area contributed by atoms with Gasteiger partial charge < -0.3 is 42.6 Å². The largest absolute Gasteiger partial charge is 0.487 e. The van der Waals surface area contributed by atoms with Gasteiger partial charge in [0, 0.05) is 17.9 Å². The summed E-state index contributed by atoms with van der Waals surface area (Å²) in [5, 5.41) is 0. The number of benzene rings is 2. The lowest BCUT2D eigenvalue weighted by molar-refractivity contribution is 0.00470. The first kappa shape index (κ1) is 32.9. The van der Waals surface area contributed by atoms with Crippen LogP contribution >= 0.6 is 63.7 Å². The zero-order valence-electron chi connectivity index (χ0n) is 21.4. The Kier molecular flexibility index (Phi) is 16.4. The molecular weight excluding hydrogens is 776 g/mol. The molecule has 0 fully saturated rings. The molecule has 0 aromatic heterocycles. The van der Waals surface area contributed by atoms with Crippen molar-refractivity contribution in [1.29, 1.82) is 0 Å². The molecule has 0 N–H and O–H groups in total. The molecule has 0 amide bonds. The van der Waals surface area contributed by atoms with Gasteiger partial charge in [-0.1, -0.05) is 0 Å². The monoisotopic (exact) mass is 804 g/mol. The summed E-state index contributed by atoms with van der Waals surface area (Å²) in [7, 11) is 0. The lowest BCUT2D eigenvalue weighted by Gasteiger charge is -2.15. The normalized spacial score (nSPS) is 18.2. The van der Waals surface area contributed by atoms with Crippen molar-refractivity contribution in [2.75, 3.05) is 92.5 Å². The van der Waals surface area contributed by atoms with Crippen molar-refractivity contribution in [2.45, 2.75) is 0 Å². The van der Waals surface area contributed by atoms with E-state index in [1.807, 2.05) is 24.3 Å². The van der Waals surface area contributed by atoms with Crippen LogP contribution in [0.3, 0.4) is 0 Å². The van der Waals surface area contributed by atoms with Crippen LogP contribution < -0.4 is 18.9 Å². The van der Waals surface area contributed by atoms with Gasteiger partial charge in [-0.25, -0.2) is 0 Å². The Hall–Kier alpha value is -0.640. The quantitative estimate of drug-likeness (QED) is 0.316. The van der Waals surface area contributed by atoms with Crippen molar-refractivity contribution < 1.29 is 42.6 Å². The van der Waals surface area contributed by atoms with E-state index < -0.39 is 0 Å². The van der Waals surface area contributed by atoms with Gasteiger partial charge in [-0.05, 0) is 88.0 Å². The second-order valence-electron chi connectivity index (χ2n) is 7.88. The molecule has 0 saturated carbocycles. The van der Waals surface area contributed by atoms with Gasteiger partial charge in [0.25, 0.3) is 0 Å². The van der Waals surface area contributed by atoms with E-state index in [-0.39, 0.29) is 0 Å². The van der Waals surface area contributed by atoms with Crippen LogP contribution in [0.5, 0.6) is 23.0 Å². The Labute approximate surface area is 262 Å². The number of hydrogen-bond donors (Lipinski definition) is 0. The molecule has 39 heavy (non-hydrogen) atoms. The molecule has 2 aromatic carbocycles. The minimum Gasteiger partial charge on any atom is -0.487 e. The van der Waals surface area contributed by atoms with E-state index in [1.165, 1.54) is 0 Å². The molecule has 1 heterocycles. The molecule has 0 spiro atoms. The molecule has 0 bridgehead atoms. The molecule has 0 unspecified atom stereocenters. The van der Waals surface area contributed by atoms with Crippen molar-refractivity contribution in [2.24, 2.45) is 0 Å². The minimum atomic E-state index is 0.367. The highest BCUT2D eigenvalue weighted by molar-refractivity contribution is 9.13. The van der Waals surface area contributed by atoms with Crippen LogP contribution in [-0.2, 0) is 23.7 Å². The van der Waals surface area contributed by atoms with Crippen molar-refractivity contribution in [3.63, 3.8) is 0 Å². The van der Waals surface area contributed by atoms with Gasteiger partial charge in [0.2, 0.25) is 0 Å². The highest BCUT2D eigenvalue weighted by Gasteiger charge is 2.12. The highest BCUT2D eigenvalue weighted by Crippen LogP contribution is 2.37. The maximum Gasteiger partial charge on any atom is 0.162 e. The average Bonchev–Trinajstić information content (AvgIpc) is 2.91. The Morgan fingerprint density at radius 1 is 0.308 bits per heavy atom. The van der Waals surface area contributed by atoms with E-state index in [1.54, 1.807) is 0 Å². The molecule has 0 saturated heterocycles. The molecule has 218 valence electrons. The first-order chi connectivity index (χ1) is 19.0. The summed E-state index contributed by atoms with van der Waals surface area (Å²) in [5.74, 6) is 2.47. The highest BCUT2D eigenvalue weighted by atomic mass is 79.9. The Morgan fingerprint density at radius 3 is 0.692 bits per heavy atom. The fourth-order valence-electron chi connectivity index (χ4n) is 3.18. The van der Waals surface area contributed by atoms with Crippen LogP contribution in [-0.4, -0.2) is 92.5 Å². The van der Waals surface area contributed by atoms with Crippen LogP contribution in [0, 0.1) is 0 Å². The molecule has 0 aliphatic carbocycles. The third-order valence-electron chi connectivity index (χ3n) is 5.03. The fraction of sp³-hybridized carbons (Fsp3) is 0.538. The summed E-state index contributed by atoms with van der Waals surface area (Å²) in [6, 6.07) is 7.43. The average molecular weight is 808 g/mol. The number of hydrogen-bond acceptors (Lipinski definition) is 9. The molecule has 13 heteroatoms. The Balaban J connectivity index is 1.49. The van der Waals surface area contributed by atoms with Gasteiger partial charge in [0.05, 0.1) is 66.1 Å². The fourth-order valence-corrected chi connectivity index (χ4v) is 4.47. The predicted molar refractivity (Wildman–Crippen MR) is 160 cm³/mol. The summed E-state index contributed by atoms with van der Waals surface area (Å²) in [4.78, 5) is 0. The van der Waals surface area contributed by atoms with Crippen molar-refractivity contribution in [3.8, 4) is 23.0 Å². The van der Waals surface area contributed by atoms with Gasteiger partial charge in [-0.2, -0.15) is 0 Å². The molecule has 3 rings (SSSR count). The summed E-state index contributed by atoms with van der Waals surface area (Å²) in [6.45, 7) is 5.89. The van der Waals surface area contributed by atoms with Gasteiger partial charge in [0.15, 0.2) is 23.0 Å². The van der Waals surface area contributed by atoms with Crippen LogP contribution in [0.25, 0.3) is 0 Å². The van der Waals surface area contributed by atoms with Crippen LogP contribution in [0.15, 0.2) is 42.2 Å². The first-order valence-corrected chi connectivity index (χ1v) is 15.6. The van der Waals surface area contributed by atoms with Gasteiger partial charge in [0.1, 0.15) is 26.4 Å². The van der Waals surface area contributed by atoms with Gasteiger partial charge >= 0.3 is 0 Å². The molecule has 2 aromatic rings. The summed E-state index contributed by atoms with van der Waals surface area (Å²) in [6.07, 6.45) is 0. The Morgan fingerprint density at radius 2 is 0.487 bits per heavy atom. The topological polar surface area (TPSA) is 83.1 Å². The van der Waals surface area contributed by atoms with Gasteiger partial charge in [-0.3, -0.25) is 0 Å². The predicted octanol–water partition coefficient (Wildman–Crippen LogP) is 6.05. The van der Waals surface area contributed by atoms with Crippen LogP contribution in [0.4, 0.5) is 0 Å². The molecular formula is C26H32Br4O9. The number of rotatable bonds is 0. The maximum atomic E-state index is 5.89. The second-order valence-corrected chi connectivity index (χ2v) is 11.3. The molecule has 1 aliphatic heterocycles. The molecule has 9 nitrogen and oxygen atoms in total. The Bertz CT molecular complexity index is 919. The molecule has 0 atom stereocenters. The summed E-state index contributed by atoms with van der Waals surface area (Å²) in [5.41, 5.74) is 0. The summed E-state index contributed by atoms with van der Waals surface area (Å²) >= 11 is 14.0. The third-order valence-corrected chi connectivity index (χ3v) is 8.72. The van der Waals surface area contributed by atoms with E-state index in [2.05, 4.69) is 63.7 Å². The van der Waals surface area contributed by atoms with Crippen molar-refractivity contribution in [1.82, 2.24) is 0 Å². The molecule has 0 radical (unpaired) electrons. The number of fused-ring (bicyclic) bond motifs is 2. The second kappa shape index (κ2) is 19.5. The van der Waals surface area contributed by atoms with E-state index in [4.69, 9.17) is 42.6 Å². The van der Waals surface area contributed by atoms with Crippen molar-refractivity contribution in [3.05, 3.63) is 42.2 Å². The number of halogens is 4. The van der Waals surface area contributed by atoms with E-state index in [9.17, 15) is 0 Å². The first-order valence-electron chi connectivity index (χ1n) is 12.4. The SMILES string of the molecule is Brc1cc2c(cc1Br)OCCOCCOCCOc1cc(Br)c(Br)cc1OCCOCCOCCOCCO2. The third kappa shape index (κ3) is 12.8. The van der Waals surface area contributed by atoms with Crippen molar-refractivity contribution >= 4 is 63.7 Å². The number of ether oxygens (including phenoxy) is 9. The zero-order chi connectivity index (χ0) is 27.7. The van der Waals surface area contributed by atoms with Crippen LogP contribution in [0.2, 0.25) is 0 Å². The molecule has 1 aliphatic rings. The maximum absolute atomic E-state index is 5.89. The van der Waals surface area contributed by atoms with Crippen LogP contribution in [0.1, 0.15) is 0 Å². The minimum absolute atomic E-state index is 0.367. The van der Waals surface area contributed by atoms with E-state index in [0.717, 1.165) is 17.9 Å². The zero-order valence-corrected chi connectivity index (χ0v) is 27.7. The van der Waals surface area contributed by atoms with Gasteiger partial charge in [-0.15, -0.1) is 0 Å². The lowest BCUT2D eigenvalue weighted by Crippen LogP contribution is -2.14. The summed E-state index contributed by atoms with van der Waals surface area (Å²) < 4.78 is 55.0.